The van der Waals surface area contributed by atoms with E-state index in [2.05, 4.69) is 28.2 Å². The van der Waals surface area contributed by atoms with E-state index in [-0.39, 0.29) is 12.3 Å². The van der Waals surface area contributed by atoms with Gasteiger partial charge in [-0.15, -0.1) is 0 Å². The summed E-state index contributed by atoms with van der Waals surface area (Å²) in [7, 11) is 2.01. The molecule has 0 saturated carbocycles. The van der Waals surface area contributed by atoms with Crippen molar-refractivity contribution in [2.24, 2.45) is 7.05 Å². The number of hydrogen-bond donors (Lipinski definition) is 2. The molecular weight excluding hydrogens is 280 g/mol. The number of aromatic nitrogens is 1. The van der Waals surface area contributed by atoms with Crippen LogP contribution in [0.4, 0.5) is 0 Å². The van der Waals surface area contributed by atoms with Crippen molar-refractivity contribution >= 4 is 22.8 Å². The van der Waals surface area contributed by atoms with Gasteiger partial charge in [0, 0.05) is 43.5 Å². The first kappa shape index (κ1) is 16.1. The van der Waals surface area contributed by atoms with Crippen molar-refractivity contribution in [3.05, 3.63) is 36.0 Å². The number of carboxylic acid groups (broad SMARTS) is 1. The van der Waals surface area contributed by atoms with Gasteiger partial charge in [-0.3, -0.25) is 9.59 Å². The number of rotatable bonds is 8. The maximum absolute atomic E-state index is 11.8. The minimum Gasteiger partial charge on any atom is -0.481 e. The normalized spacial score (nSPS) is 10.8. The number of unbranched alkanes of at least 4 members (excludes halogenated alkanes) is 1. The first-order chi connectivity index (χ1) is 10.6. The summed E-state index contributed by atoms with van der Waals surface area (Å²) < 4.78 is 2.08. The highest BCUT2D eigenvalue weighted by Crippen LogP contribution is 2.21. The predicted octanol–water partition coefficient (Wildman–Crippen LogP) is 2.48. The zero-order chi connectivity index (χ0) is 15.9. The van der Waals surface area contributed by atoms with Gasteiger partial charge in [0.05, 0.1) is 0 Å². The molecule has 1 aromatic heterocycles. The lowest BCUT2D eigenvalue weighted by molar-refractivity contribution is -0.137. The third kappa shape index (κ3) is 4.35. The summed E-state index contributed by atoms with van der Waals surface area (Å²) in [6.45, 7) is 0.543. The maximum atomic E-state index is 11.8. The van der Waals surface area contributed by atoms with Crippen molar-refractivity contribution in [3.63, 3.8) is 0 Å². The zero-order valence-corrected chi connectivity index (χ0v) is 12.8. The number of carbonyl (C=O) groups is 2. The van der Waals surface area contributed by atoms with E-state index >= 15 is 0 Å². The molecule has 0 unspecified atom stereocenters. The predicted molar refractivity (Wildman–Crippen MR) is 85.7 cm³/mol. The molecule has 22 heavy (non-hydrogen) atoms. The Hall–Kier alpha value is -2.30. The van der Waals surface area contributed by atoms with Crippen molar-refractivity contribution in [1.82, 2.24) is 9.88 Å². The van der Waals surface area contributed by atoms with E-state index in [1.807, 2.05) is 19.2 Å². The first-order valence-electron chi connectivity index (χ1n) is 7.59. The number of amides is 1. The molecule has 1 amide bonds. The molecule has 2 aromatic rings. The van der Waals surface area contributed by atoms with Gasteiger partial charge in [0.15, 0.2) is 0 Å². The lowest BCUT2D eigenvalue weighted by atomic mass is 10.1. The third-order valence-corrected chi connectivity index (χ3v) is 3.74. The summed E-state index contributed by atoms with van der Waals surface area (Å²) in [6.07, 6.45) is 4.69. The number of aliphatic carboxylic acids is 1. The smallest absolute Gasteiger partial charge is 0.303 e. The van der Waals surface area contributed by atoms with Crippen LogP contribution in [0.2, 0.25) is 0 Å². The Morgan fingerprint density at radius 2 is 1.95 bits per heavy atom. The number of benzene rings is 1. The minimum absolute atomic E-state index is 0.0169. The molecule has 0 spiro atoms. The van der Waals surface area contributed by atoms with Gasteiger partial charge in [0.25, 0.3) is 0 Å². The Labute approximate surface area is 129 Å². The summed E-state index contributed by atoms with van der Waals surface area (Å²) in [4.78, 5) is 22.2. The minimum atomic E-state index is -0.790. The number of para-hydroxylation sites is 1. The van der Waals surface area contributed by atoms with Gasteiger partial charge in [-0.25, -0.2) is 0 Å². The van der Waals surface area contributed by atoms with Gasteiger partial charge in [-0.2, -0.15) is 0 Å². The lowest BCUT2D eigenvalue weighted by Crippen LogP contribution is -2.24. The molecule has 5 heteroatoms. The van der Waals surface area contributed by atoms with Crippen LogP contribution in [0.15, 0.2) is 30.5 Å². The van der Waals surface area contributed by atoms with E-state index in [4.69, 9.17) is 5.11 Å². The van der Waals surface area contributed by atoms with Gasteiger partial charge >= 0.3 is 5.97 Å². The number of hydrogen-bond acceptors (Lipinski definition) is 2. The standard InChI is InChI=1S/C17H22N2O3/c1-19-12-13(14-6-2-3-7-15(14)19)9-10-16(20)18-11-5-4-8-17(21)22/h2-3,6-7,12H,4-5,8-11H2,1H3,(H,18,20)(H,21,22). The fourth-order valence-corrected chi connectivity index (χ4v) is 2.59. The highest BCUT2D eigenvalue weighted by atomic mass is 16.4. The molecule has 0 aliphatic rings. The summed E-state index contributed by atoms with van der Waals surface area (Å²) in [6, 6.07) is 8.17. The van der Waals surface area contributed by atoms with Gasteiger partial charge in [0.2, 0.25) is 5.91 Å². The van der Waals surface area contributed by atoms with Gasteiger partial charge in [0.1, 0.15) is 0 Å². The van der Waals surface area contributed by atoms with Gasteiger partial charge < -0.3 is 15.0 Å². The van der Waals surface area contributed by atoms with E-state index in [0.29, 0.717) is 32.2 Å². The molecule has 1 heterocycles. The van der Waals surface area contributed by atoms with Crippen molar-refractivity contribution in [2.75, 3.05) is 6.54 Å². The van der Waals surface area contributed by atoms with Crippen molar-refractivity contribution in [1.29, 1.82) is 0 Å². The Kier molecular flexibility index (Phi) is 5.58. The first-order valence-corrected chi connectivity index (χ1v) is 7.59. The van der Waals surface area contributed by atoms with Crippen LogP contribution in [-0.4, -0.2) is 28.1 Å². The molecule has 0 aliphatic heterocycles. The zero-order valence-electron chi connectivity index (χ0n) is 12.8. The van der Waals surface area contributed by atoms with Gasteiger partial charge in [-0.1, -0.05) is 18.2 Å². The number of fused-ring (bicyclic) bond motifs is 1. The van der Waals surface area contributed by atoms with Crippen LogP contribution in [0, 0.1) is 0 Å². The summed E-state index contributed by atoms with van der Waals surface area (Å²) >= 11 is 0. The molecular formula is C17H22N2O3. The number of aryl methyl sites for hydroxylation is 2. The largest absolute Gasteiger partial charge is 0.481 e. The van der Waals surface area contributed by atoms with Crippen LogP contribution in [0.3, 0.4) is 0 Å². The molecule has 118 valence electrons. The molecule has 5 nitrogen and oxygen atoms in total. The third-order valence-electron chi connectivity index (χ3n) is 3.74. The highest BCUT2D eigenvalue weighted by Gasteiger charge is 2.08. The fourth-order valence-electron chi connectivity index (χ4n) is 2.59. The van der Waals surface area contributed by atoms with Crippen molar-refractivity contribution in [3.8, 4) is 0 Å². The van der Waals surface area contributed by atoms with E-state index in [9.17, 15) is 9.59 Å². The second-order valence-corrected chi connectivity index (χ2v) is 5.48. The van der Waals surface area contributed by atoms with Crippen molar-refractivity contribution in [2.45, 2.75) is 32.1 Å². The number of nitrogens with one attached hydrogen (secondary N) is 1. The maximum Gasteiger partial charge on any atom is 0.303 e. The second-order valence-electron chi connectivity index (χ2n) is 5.48. The summed E-state index contributed by atoms with van der Waals surface area (Å²) in [5.41, 5.74) is 2.35. The molecule has 0 saturated heterocycles. The highest BCUT2D eigenvalue weighted by molar-refractivity contribution is 5.84. The molecule has 2 N–H and O–H groups in total. The Bertz CT molecular complexity index is 661. The molecule has 1 aromatic carbocycles. The Morgan fingerprint density at radius 1 is 1.18 bits per heavy atom. The van der Waals surface area contributed by atoms with Crippen LogP contribution in [0.25, 0.3) is 10.9 Å². The Balaban J connectivity index is 1.77. The van der Waals surface area contributed by atoms with Gasteiger partial charge in [-0.05, 0) is 30.9 Å². The molecule has 2 rings (SSSR count). The van der Waals surface area contributed by atoms with Crippen LogP contribution < -0.4 is 5.32 Å². The van der Waals surface area contributed by atoms with E-state index in [0.717, 1.165) is 0 Å². The van der Waals surface area contributed by atoms with Crippen LogP contribution >= 0.6 is 0 Å². The fraction of sp³-hybridized carbons (Fsp3) is 0.412. The monoisotopic (exact) mass is 302 g/mol. The van der Waals surface area contributed by atoms with Crippen molar-refractivity contribution < 1.29 is 14.7 Å². The summed E-state index contributed by atoms with van der Waals surface area (Å²) in [5, 5.41) is 12.6. The van der Waals surface area contributed by atoms with E-state index in [1.54, 1.807) is 0 Å². The van der Waals surface area contributed by atoms with E-state index in [1.165, 1.54) is 16.5 Å². The average Bonchev–Trinajstić information content (AvgIpc) is 2.81. The number of carboxylic acids is 1. The van der Waals surface area contributed by atoms with Crippen LogP contribution in [0.5, 0.6) is 0 Å². The molecule has 0 fully saturated rings. The molecule has 0 atom stereocenters. The lowest BCUT2D eigenvalue weighted by Gasteiger charge is -2.04. The molecule has 0 radical (unpaired) electrons. The van der Waals surface area contributed by atoms with Crippen LogP contribution in [-0.2, 0) is 23.1 Å². The average molecular weight is 302 g/mol. The second kappa shape index (κ2) is 7.64. The summed E-state index contributed by atoms with van der Waals surface area (Å²) in [5.74, 6) is -0.773. The quantitative estimate of drug-likeness (QED) is 0.736. The number of carbonyl (C=O) groups excluding carboxylic acids is 1. The SMILES string of the molecule is Cn1cc(CCC(=O)NCCCCC(=O)O)c2ccccc21. The molecule has 0 aliphatic carbocycles. The molecule has 0 bridgehead atoms. The topological polar surface area (TPSA) is 71.3 Å². The van der Waals surface area contributed by atoms with E-state index < -0.39 is 5.97 Å². The van der Waals surface area contributed by atoms with Crippen LogP contribution in [0.1, 0.15) is 31.2 Å². The number of nitrogens with zero attached hydrogens (tertiary/aromatic N) is 1. The Morgan fingerprint density at radius 3 is 2.73 bits per heavy atom.